The second-order valence-electron chi connectivity index (χ2n) is 6.79. The van der Waals surface area contributed by atoms with Crippen molar-refractivity contribution in [2.24, 2.45) is 0 Å². The quantitative estimate of drug-likeness (QED) is 0.542. The summed E-state index contributed by atoms with van der Waals surface area (Å²) in [6.07, 6.45) is 2.42. The Morgan fingerprint density at radius 1 is 1.14 bits per heavy atom. The number of nitrogens with zero attached hydrogens (tertiary/aromatic N) is 3. The van der Waals surface area contributed by atoms with Gasteiger partial charge in [-0.1, -0.05) is 24.3 Å². The fourth-order valence-corrected chi connectivity index (χ4v) is 3.23. The summed E-state index contributed by atoms with van der Waals surface area (Å²) in [5.74, 6) is 0.652. The number of hydrogen-bond acceptors (Lipinski definition) is 4. The Kier molecular flexibility index (Phi) is 4.89. The van der Waals surface area contributed by atoms with Gasteiger partial charge in [0.25, 0.3) is 5.56 Å². The molecule has 2 aromatic carbocycles. The third-order valence-electron chi connectivity index (χ3n) is 4.73. The number of para-hydroxylation sites is 3. The molecule has 1 unspecified atom stereocenters. The molecule has 2 heterocycles. The summed E-state index contributed by atoms with van der Waals surface area (Å²) in [4.78, 5) is 36.8. The summed E-state index contributed by atoms with van der Waals surface area (Å²) in [6, 6.07) is 14.8. The molecule has 142 valence electrons. The number of aromatic amines is 1. The van der Waals surface area contributed by atoms with Crippen LogP contribution in [-0.4, -0.2) is 25.4 Å². The van der Waals surface area contributed by atoms with E-state index in [2.05, 4.69) is 20.3 Å². The summed E-state index contributed by atoms with van der Waals surface area (Å²) < 4.78 is 1.55. The van der Waals surface area contributed by atoms with Crippen molar-refractivity contribution in [2.45, 2.75) is 32.4 Å². The first-order valence-corrected chi connectivity index (χ1v) is 9.30. The highest BCUT2D eigenvalue weighted by molar-refractivity contribution is 5.78. The summed E-state index contributed by atoms with van der Waals surface area (Å²) in [6.45, 7) is 2.34. The van der Waals surface area contributed by atoms with Gasteiger partial charge in [-0.3, -0.25) is 14.2 Å². The van der Waals surface area contributed by atoms with Crippen molar-refractivity contribution in [1.29, 1.82) is 0 Å². The number of aryl methyl sites for hydroxylation is 1. The number of imidazole rings is 1. The van der Waals surface area contributed by atoms with E-state index in [-0.39, 0.29) is 17.5 Å². The van der Waals surface area contributed by atoms with Gasteiger partial charge >= 0.3 is 0 Å². The number of hydrogen-bond donors (Lipinski definition) is 2. The number of nitrogens with one attached hydrogen (secondary N) is 2. The number of benzene rings is 2. The van der Waals surface area contributed by atoms with Crippen LogP contribution < -0.4 is 10.9 Å². The Bertz CT molecular complexity index is 1160. The molecule has 2 N–H and O–H groups in total. The van der Waals surface area contributed by atoms with E-state index in [1.807, 2.05) is 49.4 Å². The van der Waals surface area contributed by atoms with E-state index in [1.54, 1.807) is 17.0 Å². The monoisotopic (exact) mass is 375 g/mol. The maximum absolute atomic E-state index is 12.5. The Morgan fingerprint density at radius 3 is 2.71 bits per heavy atom. The molecule has 0 spiro atoms. The molecule has 1 atom stereocenters. The van der Waals surface area contributed by atoms with Gasteiger partial charge in [-0.05, 0) is 37.6 Å². The highest BCUT2D eigenvalue weighted by Gasteiger charge is 2.13. The van der Waals surface area contributed by atoms with Crippen LogP contribution in [0.2, 0.25) is 0 Å². The first-order valence-electron chi connectivity index (χ1n) is 9.30. The van der Waals surface area contributed by atoms with Gasteiger partial charge in [-0.15, -0.1) is 0 Å². The van der Waals surface area contributed by atoms with Crippen LogP contribution in [0.4, 0.5) is 0 Å². The average molecular weight is 375 g/mol. The molecule has 0 aliphatic rings. The lowest BCUT2D eigenvalue weighted by molar-refractivity contribution is -0.121. The average Bonchev–Trinajstić information content (AvgIpc) is 3.14. The Balaban J connectivity index is 1.34. The third-order valence-corrected chi connectivity index (χ3v) is 4.73. The number of amides is 1. The normalized spacial score (nSPS) is 12.3. The highest BCUT2D eigenvalue weighted by Crippen LogP contribution is 2.15. The lowest BCUT2D eigenvalue weighted by atomic mass is 10.2. The molecule has 7 heteroatoms. The van der Waals surface area contributed by atoms with Gasteiger partial charge in [0.15, 0.2) is 0 Å². The molecule has 0 fully saturated rings. The molecule has 4 aromatic rings. The van der Waals surface area contributed by atoms with E-state index in [0.717, 1.165) is 16.9 Å². The van der Waals surface area contributed by atoms with Crippen LogP contribution in [0.15, 0.2) is 59.7 Å². The molecule has 28 heavy (non-hydrogen) atoms. The SMILES string of the molecule is CC(NC(=O)CCCn1cnc2ccccc2c1=O)c1nc2ccccc2[nH]1. The van der Waals surface area contributed by atoms with Crippen molar-refractivity contribution in [1.82, 2.24) is 24.8 Å². The molecule has 1 amide bonds. The fraction of sp³-hybridized carbons (Fsp3) is 0.238. The maximum Gasteiger partial charge on any atom is 0.261 e. The van der Waals surface area contributed by atoms with Crippen LogP contribution in [0, 0.1) is 0 Å². The van der Waals surface area contributed by atoms with E-state index in [0.29, 0.717) is 30.3 Å². The third kappa shape index (κ3) is 3.64. The second-order valence-corrected chi connectivity index (χ2v) is 6.79. The van der Waals surface area contributed by atoms with Gasteiger partial charge < -0.3 is 10.3 Å². The smallest absolute Gasteiger partial charge is 0.261 e. The molecule has 0 aliphatic heterocycles. The zero-order valence-corrected chi connectivity index (χ0v) is 15.6. The first-order chi connectivity index (χ1) is 13.6. The van der Waals surface area contributed by atoms with Gasteiger partial charge in [-0.2, -0.15) is 0 Å². The number of rotatable bonds is 6. The zero-order chi connectivity index (χ0) is 19.5. The Morgan fingerprint density at radius 2 is 1.89 bits per heavy atom. The van der Waals surface area contributed by atoms with Crippen LogP contribution in [0.1, 0.15) is 31.6 Å². The molecule has 4 rings (SSSR count). The van der Waals surface area contributed by atoms with E-state index in [9.17, 15) is 9.59 Å². The predicted molar refractivity (Wildman–Crippen MR) is 108 cm³/mol. The summed E-state index contributed by atoms with van der Waals surface area (Å²) in [5.41, 5.74) is 2.42. The summed E-state index contributed by atoms with van der Waals surface area (Å²) >= 11 is 0. The van der Waals surface area contributed by atoms with Crippen molar-refractivity contribution in [2.75, 3.05) is 0 Å². The second kappa shape index (κ2) is 7.64. The lowest BCUT2D eigenvalue weighted by Gasteiger charge is -2.12. The molecule has 7 nitrogen and oxygen atoms in total. The largest absolute Gasteiger partial charge is 0.346 e. The van der Waals surface area contributed by atoms with Crippen molar-refractivity contribution in [3.05, 3.63) is 71.0 Å². The van der Waals surface area contributed by atoms with Crippen molar-refractivity contribution in [3.63, 3.8) is 0 Å². The molecule has 2 aromatic heterocycles. The number of fused-ring (bicyclic) bond motifs is 2. The maximum atomic E-state index is 12.5. The van der Waals surface area contributed by atoms with Crippen molar-refractivity contribution >= 4 is 27.8 Å². The zero-order valence-electron chi connectivity index (χ0n) is 15.6. The Hall–Kier alpha value is -3.48. The van der Waals surface area contributed by atoms with E-state index in [4.69, 9.17) is 0 Å². The standard InChI is InChI=1S/C21H21N5O2/c1-14(20-24-17-9-4-5-10-18(17)25-20)23-19(27)11-6-12-26-13-22-16-8-3-2-7-15(16)21(26)28/h2-5,7-10,13-14H,6,11-12H2,1H3,(H,23,27)(H,24,25). The minimum absolute atomic E-state index is 0.0743. The predicted octanol–water partition coefficient (Wildman–Crippen LogP) is 2.93. The highest BCUT2D eigenvalue weighted by atomic mass is 16.1. The minimum Gasteiger partial charge on any atom is -0.346 e. The van der Waals surface area contributed by atoms with E-state index in [1.165, 1.54) is 0 Å². The van der Waals surface area contributed by atoms with Gasteiger partial charge in [0.2, 0.25) is 5.91 Å². The number of carbonyl (C=O) groups is 1. The Labute approximate surface area is 161 Å². The topological polar surface area (TPSA) is 92.7 Å². The fourth-order valence-electron chi connectivity index (χ4n) is 3.23. The molecular formula is C21H21N5O2. The summed E-state index contributed by atoms with van der Waals surface area (Å²) in [7, 11) is 0. The van der Waals surface area contributed by atoms with Crippen LogP contribution in [-0.2, 0) is 11.3 Å². The van der Waals surface area contributed by atoms with Crippen molar-refractivity contribution < 1.29 is 4.79 Å². The molecule has 0 saturated carbocycles. The molecule has 0 saturated heterocycles. The number of carbonyl (C=O) groups excluding carboxylic acids is 1. The summed E-state index contributed by atoms with van der Waals surface area (Å²) in [5, 5.41) is 3.54. The molecular weight excluding hydrogens is 354 g/mol. The van der Waals surface area contributed by atoms with Crippen LogP contribution in [0.3, 0.4) is 0 Å². The number of aromatic nitrogens is 4. The van der Waals surface area contributed by atoms with Gasteiger partial charge in [0, 0.05) is 13.0 Å². The van der Waals surface area contributed by atoms with Crippen LogP contribution >= 0.6 is 0 Å². The van der Waals surface area contributed by atoms with Gasteiger partial charge in [0.05, 0.1) is 34.3 Å². The number of H-pyrrole nitrogens is 1. The van der Waals surface area contributed by atoms with E-state index >= 15 is 0 Å². The van der Waals surface area contributed by atoms with Gasteiger partial charge in [-0.25, -0.2) is 9.97 Å². The van der Waals surface area contributed by atoms with Crippen molar-refractivity contribution in [3.8, 4) is 0 Å². The van der Waals surface area contributed by atoms with Crippen LogP contribution in [0.25, 0.3) is 21.9 Å². The first kappa shape index (κ1) is 17.9. The molecule has 0 bridgehead atoms. The molecule has 0 radical (unpaired) electrons. The molecule has 0 aliphatic carbocycles. The minimum atomic E-state index is -0.218. The van der Waals surface area contributed by atoms with Gasteiger partial charge in [0.1, 0.15) is 5.82 Å². The van der Waals surface area contributed by atoms with E-state index < -0.39 is 0 Å². The van der Waals surface area contributed by atoms with Crippen LogP contribution in [0.5, 0.6) is 0 Å². The lowest BCUT2D eigenvalue weighted by Crippen LogP contribution is -2.28.